The van der Waals surface area contributed by atoms with Gasteiger partial charge in [-0.3, -0.25) is 4.79 Å². The Kier molecular flexibility index (Phi) is 3.82. The monoisotopic (exact) mass is 363 g/mol. The highest BCUT2D eigenvalue weighted by molar-refractivity contribution is 5.82. The third-order valence-electron chi connectivity index (χ3n) is 9.93. The van der Waals surface area contributed by atoms with Gasteiger partial charge in [0.1, 0.15) is 5.78 Å². The summed E-state index contributed by atoms with van der Waals surface area (Å²) in [5, 5.41) is 10.4. The summed E-state index contributed by atoms with van der Waals surface area (Å²) < 4.78 is 0. The largest absolute Gasteiger partial charge is 0.299 e. The zero-order valence-electron chi connectivity index (χ0n) is 16.9. The van der Waals surface area contributed by atoms with Gasteiger partial charge in [-0.05, 0) is 85.4 Å². The van der Waals surface area contributed by atoms with E-state index in [9.17, 15) is 10.1 Å². The van der Waals surface area contributed by atoms with Crippen LogP contribution in [0, 0.1) is 63.6 Å². The molecule has 0 aromatic rings. The summed E-state index contributed by atoms with van der Waals surface area (Å²) in [6.07, 6.45) is 13.1. The topological polar surface area (TPSA) is 40.9 Å². The molecule has 144 valence electrons. The highest BCUT2D eigenvalue weighted by Gasteiger charge is 2.76. The van der Waals surface area contributed by atoms with Gasteiger partial charge in [0.05, 0.1) is 11.5 Å². The molecule has 0 unspecified atom stereocenters. The maximum absolute atomic E-state index is 12.1. The van der Waals surface area contributed by atoms with Crippen LogP contribution in [0.3, 0.4) is 0 Å². The summed E-state index contributed by atoms with van der Waals surface area (Å²) in [5.41, 5.74) is 1.54. The number of ketones is 1. The van der Waals surface area contributed by atoms with Crippen molar-refractivity contribution in [2.75, 3.05) is 0 Å². The minimum Gasteiger partial charge on any atom is -0.299 e. The van der Waals surface area contributed by atoms with Crippen LogP contribution >= 0.6 is 0 Å². The van der Waals surface area contributed by atoms with E-state index in [1.807, 2.05) is 0 Å². The second kappa shape index (κ2) is 5.82. The van der Waals surface area contributed by atoms with Gasteiger partial charge in [-0.2, -0.15) is 5.26 Å². The first-order valence-electron chi connectivity index (χ1n) is 11.3. The molecule has 0 aliphatic heterocycles. The number of Topliss-reactive ketones (excluding diaryl/α,β-unsaturated/α-hetero) is 1. The summed E-state index contributed by atoms with van der Waals surface area (Å²) >= 11 is 0. The lowest BCUT2D eigenvalue weighted by Gasteiger charge is -2.59. The van der Waals surface area contributed by atoms with Gasteiger partial charge in [0, 0.05) is 12.8 Å². The van der Waals surface area contributed by atoms with Gasteiger partial charge in [0.2, 0.25) is 0 Å². The Morgan fingerprint density at radius 3 is 2.78 bits per heavy atom. The molecule has 0 spiro atoms. The second-order valence-electron chi connectivity index (χ2n) is 10.2. The number of nitrogens with zero attached hydrogens (tertiary/aromatic N) is 1. The number of carbonyl (C=O) groups excluding carboxylic acids is 1. The van der Waals surface area contributed by atoms with Crippen LogP contribution < -0.4 is 0 Å². The molecule has 9 atom stereocenters. The lowest BCUT2D eigenvalue weighted by Crippen LogP contribution is -2.54. The standard InChI is InChI=1S/C25H33NO/c1-4-15-11-16-12-17(27)7-8-18(16)19-9-10-24(5-2)23(22(15)19)20-13-21(20)25(24,6-3)14-26/h4,11,15,18-23H,1,5-10,12-13H2,2-3H3/t15-,18+,19-,20-,21+,22-,23+,24+,25+/m1/s1. The van der Waals surface area contributed by atoms with E-state index in [0.717, 1.165) is 31.6 Å². The van der Waals surface area contributed by atoms with Gasteiger partial charge in [0.15, 0.2) is 0 Å². The van der Waals surface area contributed by atoms with Crippen LogP contribution in [0.25, 0.3) is 0 Å². The molecule has 0 amide bonds. The SMILES string of the molecule is C=C[C@@H]1C=C2CC(=O)CC[C@@H]2[C@H]2CC[C@@]3(CC)[C@@H]([C@@H]4C[C@@H]4[C@@]3(C#N)CC)[C@H]12. The molecule has 0 aromatic heterocycles. The van der Waals surface area contributed by atoms with Crippen LogP contribution in [-0.2, 0) is 4.79 Å². The molecule has 0 bridgehead atoms. The van der Waals surface area contributed by atoms with E-state index in [0.29, 0.717) is 47.7 Å². The van der Waals surface area contributed by atoms with Crippen molar-refractivity contribution in [3.05, 3.63) is 24.3 Å². The molecular weight excluding hydrogens is 330 g/mol. The lowest BCUT2D eigenvalue weighted by atomic mass is 9.44. The van der Waals surface area contributed by atoms with Gasteiger partial charge in [-0.25, -0.2) is 0 Å². The molecule has 2 nitrogen and oxygen atoms in total. The quantitative estimate of drug-likeness (QED) is 0.603. The zero-order chi connectivity index (χ0) is 19.0. The summed E-state index contributed by atoms with van der Waals surface area (Å²) in [4.78, 5) is 12.1. The fourth-order valence-electron chi connectivity index (χ4n) is 8.99. The Labute approximate surface area is 164 Å². The van der Waals surface area contributed by atoms with E-state index in [1.165, 1.54) is 24.8 Å². The molecule has 5 rings (SSSR count). The molecule has 0 N–H and O–H groups in total. The van der Waals surface area contributed by atoms with Crippen molar-refractivity contribution < 1.29 is 4.79 Å². The smallest absolute Gasteiger partial charge is 0.136 e. The molecule has 5 aliphatic rings. The molecule has 5 aliphatic carbocycles. The molecule has 0 radical (unpaired) electrons. The van der Waals surface area contributed by atoms with E-state index in [-0.39, 0.29) is 10.8 Å². The Bertz CT molecular complexity index is 759. The summed E-state index contributed by atoms with van der Waals surface area (Å²) in [5.74, 6) is 4.89. The van der Waals surface area contributed by atoms with Crippen molar-refractivity contribution >= 4 is 5.78 Å². The highest BCUT2D eigenvalue weighted by atomic mass is 16.1. The predicted octanol–water partition coefficient (Wildman–Crippen LogP) is 5.71. The first-order valence-corrected chi connectivity index (χ1v) is 11.3. The van der Waals surface area contributed by atoms with Gasteiger partial charge < -0.3 is 0 Å². The van der Waals surface area contributed by atoms with Crippen LogP contribution in [-0.4, -0.2) is 5.78 Å². The summed E-state index contributed by atoms with van der Waals surface area (Å²) in [6.45, 7) is 8.83. The van der Waals surface area contributed by atoms with Crippen molar-refractivity contribution in [3.8, 4) is 6.07 Å². The normalized spacial score (nSPS) is 52.6. The van der Waals surface area contributed by atoms with E-state index >= 15 is 0 Å². The minimum absolute atomic E-state index is 0.0969. The van der Waals surface area contributed by atoms with Gasteiger partial charge in [-0.15, -0.1) is 6.58 Å². The number of allylic oxidation sites excluding steroid dienone is 3. The molecule has 4 fully saturated rings. The number of fused-ring (bicyclic) bond motifs is 7. The molecule has 4 saturated carbocycles. The van der Waals surface area contributed by atoms with E-state index in [2.05, 4.69) is 38.6 Å². The van der Waals surface area contributed by atoms with Crippen molar-refractivity contribution in [3.63, 3.8) is 0 Å². The molecular formula is C25H33NO. The number of nitriles is 1. The van der Waals surface area contributed by atoms with Gasteiger partial charge >= 0.3 is 0 Å². The first-order chi connectivity index (χ1) is 13.1. The maximum atomic E-state index is 12.1. The van der Waals surface area contributed by atoms with Crippen LogP contribution in [0.5, 0.6) is 0 Å². The predicted molar refractivity (Wildman–Crippen MR) is 106 cm³/mol. The average molecular weight is 364 g/mol. The van der Waals surface area contributed by atoms with Crippen LogP contribution in [0.2, 0.25) is 0 Å². The molecule has 0 heterocycles. The van der Waals surface area contributed by atoms with E-state index in [4.69, 9.17) is 0 Å². The second-order valence-corrected chi connectivity index (χ2v) is 10.2. The fraction of sp³-hybridized carbons (Fsp3) is 0.760. The van der Waals surface area contributed by atoms with Crippen molar-refractivity contribution in [1.82, 2.24) is 0 Å². The maximum Gasteiger partial charge on any atom is 0.136 e. The fourth-order valence-corrected chi connectivity index (χ4v) is 8.99. The number of carbonyl (C=O) groups is 1. The molecule has 27 heavy (non-hydrogen) atoms. The van der Waals surface area contributed by atoms with Crippen LogP contribution in [0.15, 0.2) is 24.3 Å². The first kappa shape index (κ1) is 17.7. The van der Waals surface area contributed by atoms with Crippen molar-refractivity contribution in [2.45, 2.75) is 65.2 Å². The summed E-state index contributed by atoms with van der Waals surface area (Å²) in [6, 6.07) is 2.91. The third kappa shape index (κ3) is 1.99. The average Bonchev–Trinajstić information content (AvgIpc) is 3.44. The minimum atomic E-state index is -0.0969. The Morgan fingerprint density at radius 2 is 2.11 bits per heavy atom. The van der Waals surface area contributed by atoms with Gasteiger partial charge in [-0.1, -0.05) is 31.6 Å². The lowest BCUT2D eigenvalue weighted by molar-refractivity contribution is -0.121. The Hall–Kier alpha value is -1.36. The van der Waals surface area contributed by atoms with Crippen molar-refractivity contribution in [2.24, 2.45) is 52.3 Å². The number of hydrogen-bond donors (Lipinski definition) is 0. The Morgan fingerprint density at radius 1 is 1.30 bits per heavy atom. The summed E-state index contributed by atoms with van der Waals surface area (Å²) in [7, 11) is 0. The van der Waals surface area contributed by atoms with Crippen molar-refractivity contribution in [1.29, 1.82) is 5.26 Å². The number of hydrogen-bond acceptors (Lipinski definition) is 2. The van der Waals surface area contributed by atoms with E-state index in [1.54, 1.807) is 0 Å². The number of rotatable bonds is 3. The molecule has 2 heteroatoms. The third-order valence-corrected chi connectivity index (χ3v) is 9.93. The molecule has 0 saturated heterocycles. The van der Waals surface area contributed by atoms with Crippen LogP contribution in [0.4, 0.5) is 0 Å². The van der Waals surface area contributed by atoms with Crippen LogP contribution in [0.1, 0.15) is 65.2 Å². The Balaban J connectivity index is 1.61. The van der Waals surface area contributed by atoms with Gasteiger partial charge in [0.25, 0.3) is 0 Å². The molecule has 0 aromatic carbocycles. The van der Waals surface area contributed by atoms with E-state index < -0.39 is 0 Å². The highest BCUT2D eigenvalue weighted by Crippen LogP contribution is 2.80. The zero-order valence-corrected chi connectivity index (χ0v) is 16.9.